The third-order valence-corrected chi connectivity index (χ3v) is 3.43. The Bertz CT molecular complexity index is 193. The monoisotopic (exact) mass is 165 g/mol. The minimum atomic E-state index is -3.07. The molecule has 5 heteroatoms. The SMILES string of the molecule is CNS(=O)(=O)C1CCOC1. The molecule has 0 aliphatic carbocycles. The molecular weight excluding hydrogens is 154 g/mol. The Kier molecular flexibility index (Phi) is 2.28. The lowest BCUT2D eigenvalue weighted by Gasteiger charge is -2.06. The lowest BCUT2D eigenvalue weighted by molar-refractivity contribution is 0.198. The molecule has 0 spiro atoms. The summed E-state index contributed by atoms with van der Waals surface area (Å²) < 4.78 is 29.2. The Morgan fingerprint density at radius 3 is 2.70 bits per heavy atom. The summed E-state index contributed by atoms with van der Waals surface area (Å²) in [5.74, 6) is 0. The van der Waals surface area contributed by atoms with E-state index in [1.807, 2.05) is 0 Å². The Balaban J connectivity index is 2.63. The Labute approximate surface area is 60.6 Å². The van der Waals surface area contributed by atoms with Crippen molar-refractivity contribution in [1.29, 1.82) is 0 Å². The molecule has 1 saturated heterocycles. The molecule has 10 heavy (non-hydrogen) atoms. The molecule has 0 bridgehead atoms. The average molecular weight is 165 g/mol. The lowest BCUT2D eigenvalue weighted by atomic mass is 10.4. The highest BCUT2D eigenvalue weighted by molar-refractivity contribution is 7.90. The molecule has 60 valence electrons. The van der Waals surface area contributed by atoms with Gasteiger partial charge in [0.2, 0.25) is 10.0 Å². The third-order valence-electron chi connectivity index (χ3n) is 1.61. The molecule has 1 aliphatic rings. The molecule has 1 heterocycles. The molecule has 4 nitrogen and oxygen atoms in total. The summed E-state index contributed by atoms with van der Waals surface area (Å²) in [6.07, 6.45) is 0.614. The highest BCUT2D eigenvalue weighted by Crippen LogP contribution is 2.11. The van der Waals surface area contributed by atoms with Crippen molar-refractivity contribution in [1.82, 2.24) is 4.72 Å². The van der Waals surface area contributed by atoms with Crippen LogP contribution in [0.4, 0.5) is 0 Å². The van der Waals surface area contributed by atoms with E-state index in [-0.39, 0.29) is 5.25 Å². The molecule has 0 saturated carbocycles. The van der Waals surface area contributed by atoms with Gasteiger partial charge in [0.15, 0.2) is 0 Å². The van der Waals surface area contributed by atoms with Gasteiger partial charge in [0.1, 0.15) is 5.25 Å². The van der Waals surface area contributed by atoms with Gasteiger partial charge in [-0.1, -0.05) is 0 Å². The standard InChI is InChI=1S/C5H11NO3S/c1-6-10(7,8)5-2-3-9-4-5/h5-6H,2-4H2,1H3. The van der Waals surface area contributed by atoms with Crippen LogP contribution in [0.3, 0.4) is 0 Å². The maximum Gasteiger partial charge on any atom is 0.216 e. The van der Waals surface area contributed by atoms with Gasteiger partial charge in [0.25, 0.3) is 0 Å². The van der Waals surface area contributed by atoms with Gasteiger partial charge >= 0.3 is 0 Å². The minimum Gasteiger partial charge on any atom is -0.380 e. The first-order valence-electron chi connectivity index (χ1n) is 3.17. The number of hydrogen-bond donors (Lipinski definition) is 1. The summed E-state index contributed by atoms with van der Waals surface area (Å²) in [5.41, 5.74) is 0. The van der Waals surface area contributed by atoms with Crippen LogP contribution in [0.1, 0.15) is 6.42 Å². The van der Waals surface area contributed by atoms with Gasteiger partial charge in [-0.2, -0.15) is 0 Å². The lowest BCUT2D eigenvalue weighted by Crippen LogP contribution is -2.31. The molecule has 1 fully saturated rings. The molecule has 1 unspecified atom stereocenters. The fourth-order valence-electron chi connectivity index (χ4n) is 0.924. The Morgan fingerprint density at radius 2 is 2.30 bits per heavy atom. The summed E-state index contributed by atoms with van der Waals surface area (Å²) in [6.45, 7) is 0.898. The van der Waals surface area contributed by atoms with Gasteiger partial charge < -0.3 is 4.74 Å². The van der Waals surface area contributed by atoms with E-state index in [0.29, 0.717) is 19.6 Å². The van der Waals surface area contributed by atoms with E-state index in [0.717, 1.165) is 0 Å². The largest absolute Gasteiger partial charge is 0.380 e. The first kappa shape index (κ1) is 7.97. The van der Waals surface area contributed by atoms with Crippen molar-refractivity contribution >= 4 is 10.0 Å². The summed E-state index contributed by atoms with van der Waals surface area (Å²) in [5, 5.41) is -0.336. The van der Waals surface area contributed by atoms with E-state index < -0.39 is 10.0 Å². The topological polar surface area (TPSA) is 55.4 Å². The molecule has 0 radical (unpaired) electrons. The zero-order valence-corrected chi connectivity index (χ0v) is 6.65. The van der Waals surface area contributed by atoms with E-state index in [1.165, 1.54) is 7.05 Å². The van der Waals surface area contributed by atoms with Gasteiger partial charge in [0.05, 0.1) is 6.61 Å². The number of nitrogens with one attached hydrogen (secondary N) is 1. The van der Waals surface area contributed by atoms with Crippen molar-refractivity contribution in [3.05, 3.63) is 0 Å². The van der Waals surface area contributed by atoms with E-state index in [9.17, 15) is 8.42 Å². The fraction of sp³-hybridized carbons (Fsp3) is 1.00. The van der Waals surface area contributed by atoms with Crippen molar-refractivity contribution in [2.75, 3.05) is 20.3 Å². The van der Waals surface area contributed by atoms with Crippen LogP contribution in [0.2, 0.25) is 0 Å². The van der Waals surface area contributed by atoms with E-state index in [1.54, 1.807) is 0 Å². The number of sulfonamides is 1. The van der Waals surface area contributed by atoms with Gasteiger partial charge in [-0.05, 0) is 13.5 Å². The second kappa shape index (κ2) is 2.86. The van der Waals surface area contributed by atoms with Crippen molar-refractivity contribution in [3.63, 3.8) is 0 Å². The second-order valence-corrected chi connectivity index (χ2v) is 4.40. The number of ether oxygens (including phenoxy) is 1. The molecular formula is C5H11NO3S. The quantitative estimate of drug-likeness (QED) is 0.590. The van der Waals surface area contributed by atoms with Crippen LogP contribution < -0.4 is 4.72 Å². The van der Waals surface area contributed by atoms with Gasteiger partial charge in [-0.25, -0.2) is 13.1 Å². The maximum atomic E-state index is 11.0. The summed E-state index contributed by atoms with van der Waals surface area (Å²) in [6, 6.07) is 0. The third kappa shape index (κ3) is 1.47. The molecule has 0 amide bonds. The van der Waals surface area contributed by atoms with Crippen molar-refractivity contribution in [2.24, 2.45) is 0 Å². The maximum absolute atomic E-state index is 11.0. The fourth-order valence-corrected chi connectivity index (χ4v) is 1.94. The van der Waals surface area contributed by atoms with Crippen LogP contribution in [-0.2, 0) is 14.8 Å². The van der Waals surface area contributed by atoms with Crippen LogP contribution in [0.25, 0.3) is 0 Å². The minimum absolute atomic E-state index is 0.336. The molecule has 1 N–H and O–H groups in total. The van der Waals surface area contributed by atoms with E-state index in [2.05, 4.69) is 4.72 Å². The van der Waals surface area contributed by atoms with Gasteiger partial charge in [0, 0.05) is 6.61 Å². The summed E-state index contributed by atoms with van der Waals surface area (Å²) in [7, 11) is -1.65. The first-order chi connectivity index (χ1) is 4.67. The predicted octanol–water partition coefficient (Wildman–Crippen LogP) is -0.675. The molecule has 1 aliphatic heterocycles. The average Bonchev–Trinajstić information content (AvgIpc) is 2.38. The normalized spacial score (nSPS) is 27.1. The molecule has 1 rings (SSSR count). The Morgan fingerprint density at radius 1 is 1.60 bits per heavy atom. The Hall–Kier alpha value is -0.130. The highest BCUT2D eigenvalue weighted by Gasteiger charge is 2.27. The van der Waals surface area contributed by atoms with Gasteiger partial charge in [-0.3, -0.25) is 0 Å². The molecule has 1 atom stereocenters. The van der Waals surface area contributed by atoms with Crippen LogP contribution in [-0.4, -0.2) is 33.9 Å². The number of rotatable bonds is 2. The zero-order chi connectivity index (χ0) is 7.61. The van der Waals surface area contributed by atoms with Crippen molar-refractivity contribution < 1.29 is 13.2 Å². The predicted molar refractivity (Wildman–Crippen MR) is 37.2 cm³/mol. The molecule has 0 aromatic rings. The highest BCUT2D eigenvalue weighted by atomic mass is 32.2. The van der Waals surface area contributed by atoms with E-state index >= 15 is 0 Å². The van der Waals surface area contributed by atoms with Crippen molar-refractivity contribution in [2.45, 2.75) is 11.7 Å². The van der Waals surface area contributed by atoms with E-state index in [4.69, 9.17) is 4.74 Å². The van der Waals surface area contributed by atoms with Crippen molar-refractivity contribution in [3.8, 4) is 0 Å². The molecule has 0 aromatic carbocycles. The van der Waals surface area contributed by atoms with Crippen LogP contribution in [0.5, 0.6) is 0 Å². The van der Waals surface area contributed by atoms with Crippen LogP contribution >= 0.6 is 0 Å². The molecule has 0 aromatic heterocycles. The van der Waals surface area contributed by atoms with Crippen LogP contribution in [0.15, 0.2) is 0 Å². The first-order valence-corrected chi connectivity index (χ1v) is 4.71. The zero-order valence-electron chi connectivity index (χ0n) is 5.83. The van der Waals surface area contributed by atoms with Gasteiger partial charge in [-0.15, -0.1) is 0 Å². The second-order valence-electron chi connectivity index (χ2n) is 2.23. The summed E-state index contributed by atoms with van der Waals surface area (Å²) >= 11 is 0. The summed E-state index contributed by atoms with van der Waals surface area (Å²) in [4.78, 5) is 0. The van der Waals surface area contributed by atoms with Crippen LogP contribution in [0, 0.1) is 0 Å². The smallest absolute Gasteiger partial charge is 0.216 e. The number of hydrogen-bond acceptors (Lipinski definition) is 3.